The molecule has 0 unspecified atom stereocenters. The number of hydrogen-bond donors (Lipinski definition) is 1. The summed E-state index contributed by atoms with van der Waals surface area (Å²) in [5.41, 5.74) is 1.07. The summed E-state index contributed by atoms with van der Waals surface area (Å²) in [6.07, 6.45) is 5.98. The van der Waals surface area contributed by atoms with Gasteiger partial charge in [0.15, 0.2) is 5.03 Å². The number of nitrogens with one attached hydrogen (secondary N) is 1. The Bertz CT molecular complexity index is 998. The summed E-state index contributed by atoms with van der Waals surface area (Å²) >= 11 is 1.65. The van der Waals surface area contributed by atoms with Crippen molar-refractivity contribution in [2.24, 2.45) is 14.1 Å². The number of thiophene rings is 1. The molecule has 0 saturated carbocycles. The van der Waals surface area contributed by atoms with Gasteiger partial charge in [-0.1, -0.05) is 13.8 Å². The maximum atomic E-state index is 12.4. The predicted octanol–water partition coefficient (Wildman–Crippen LogP) is 2.53. The number of nitrogens with zero attached hydrogens (tertiary/aromatic N) is 4. The maximum absolute atomic E-state index is 12.4. The fraction of sp³-hybridized carbons (Fsp3) is 0.412. The van der Waals surface area contributed by atoms with Crippen LogP contribution in [0.5, 0.6) is 0 Å². The Morgan fingerprint density at radius 3 is 2.62 bits per heavy atom. The van der Waals surface area contributed by atoms with Crippen LogP contribution in [0.3, 0.4) is 0 Å². The van der Waals surface area contributed by atoms with Gasteiger partial charge >= 0.3 is 0 Å². The summed E-state index contributed by atoms with van der Waals surface area (Å²) < 4.78 is 31.1. The van der Waals surface area contributed by atoms with Crippen LogP contribution in [0.15, 0.2) is 35.7 Å². The minimum atomic E-state index is -3.60. The van der Waals surface area contributed by atoms with Gasteiger partial charge in [0, 0.05) is 54.3 Å². The average molecular weight is 394 g/mol. The minimum absolute atomic E-state index is 0.0749. The van der Waals surface area contributed by atoms with E-state index >= 15 is 0 Å². The molecule has 0 aliphatic heterocycles. The van der Waals surface area contributed by atoms with Crippen molar-refractivity contribution >= 4 is 21.4 Å². The molecule has 0 aliphatic rings. The first-order chi connectivity index (χ1) is 12.3. The standard InChI is InChI=1S/C17H23N5O2S2/c1-12(2)17-20-16(11-21(17)3)26(23,24)19-8-7-14-5-6-15(25-14)13-9-18-22(4)10-13/h5-6,9-12,19H,7-8H2,1-4H3. The second-order valence-electron chi connectivity index (χ2n) is 6.52. The van der Waals surface area contributed by atoms with E-state index in [0.717, 1.165) is 21.1 Å². The van der Waals surface area contributed by atoms with Crippen LogP contribution < -0.4 is 4.72 Å². The fourth-order valence-electron chi connectivity index (χ4n) is 2.72. The Morgan fingerprint density at radius 1 is 1.23 bits per heavy atom. The van der Waals surface area contributed by atoms with Gasteiger partial charge in [0.05, 0.1) is 6.20 Å². The maximum Gasteiger partial charge on any atom is 0.259 e. The first-order valence-corrected chi connectivity index (χ1v) is 10.7. The summed E-state index contributed by atoms with van der Waals surface area (Å²) in [7, 11) is 0.0982. The molecule has 0 spiro atoms. The first kappa shape index (κ1) is 18.8. The van der Waals surface area contributed by atoms with Crippen LogP contribution in [0.25, 0.3) is 10.4 Å². The van der Waals surface area contributed by atoms with E-state index in [0.29, 0.717) is 13.0 Å². The highest BCUT2D eigenvalue weighted by molar-refractivity contribution is 7.89. The van der Waals surface area contributed by atoms with Crippen LogP contribution >= 0.6 is 11.3 Å². The van der Waals surface area contributed by atoms with Crippen LogP contribution in [0.2, 0.25) is 0 Å². The summed E-state index contributed by atoms with van der Waals surface area (Å²) in [4.78, 5) is 6.51. The molecule has 140 valence electrons. The zero-order valence-electron chi connectivity index (χ0n) is 15.3. The predicted molar refractivity (Wildman–Crippen MR) is 103 cm³/mol. The molecular formula is C17H23N5O2S2. The molecule has 0 amide bonds. The topological polar surface area (TPSA) is 81.8 Å². The third-order valence-electron chi connectivity index (χ3n) is 4.00. The van der Waals surface area contributed by atoms with Gasteiger partial charge in [0.1, 0.15) is 5.82 Å². The van der Waals surface area contributed by atoms with Crippen molar-refractivity contribution in [2.45, 2.75) is 31.2 Å². The van der Waals surface area contributed by atoms with Crippen LogP contribution in [-0.4, -0.2) is 34.3 Å². The highest BCUT2D eigenvalue weighted by atomic mass is 32.2. The first-order valence-electron chi connectivity index (χ1n) is 8.37. The van der Waals surface area contributed by atoms with Crippen molar-refractivity contribution in [1.82, 2.24) is 24.1 Å². The quantitative estimate of drug-likeness (QED) is 0.669. The molecule has 1 N–H and O–H groups in total. The third kappa shape index (κ3) is 4.05. The van der Waals surface area contributed by atoms with E-state index in [-0.39, 0.29) is 10.9 Å². The van der Waals surface area contributed by atoms with Crippen molar-refractivity contribution in [3.8, 4) is 10.4 Å². The number of aryl methyl sites for hydroxylation is 2. The average Bonchev–Trinajstić information content (AvgIpc) is 3.26. The largest absolute Gasteiger partial charge is 0.336 e. The zero-order valence-corrected chi connectivity index (χ0v) is 16.9. The van der Waals surface area contributed by atoms with Crippen LogP contribution in [0.4, 0.5) is 0 Å². The van der Waals surface area contributed by atoms with Crippen molar-refractivity contribution in [2.75, 3.05) is 6.54 Å². The molecule has 26 heavy (non-hydrogen) atoms. The van der Waals surface area contributed by atoms with E-state index in [4.69, 9.17) is 0 Å². The highest BCUT2D eigenvalue weighted by Crippen LogP contribution is 2.27. The van der Waals surface area contributed by atoms with Crippen LogP contribution in [0, 0.1) is 0 Å². The molecule has 3 aromatic heterocycles. The summed E-state index contributed by atoms with van der Waals surface area (Å²) in [5.74, 6) is 0.922. The number of sulfonamides is 1. The monoisotopic (exact) mass is 393 g/mol. The molecule has 0 bridgehead atoms. The molecule has 0 aliphatic carbocycles. The molecule has 3 heterocycles. The summed E-state index contributed by atoms with van der Waals surface area (Å²) in [6, 6.07) is 4.07. The smallest absolute Gasteiger partial charge is 0.259 e. The lowest BCUT2D eigenvalue weighted by molar-refractivity contribution is 0.578. The molecule has 0 saturated heterocycles. The van der Waals surface area contributed by atoms with E-state index < -0.39 is 10.0 Å². The molecular weight excluding hydrogens is 370 g/mol. The SMILES string of the molecule is CC(C)c1nc(S(=O)(=O)NCCc2ccc(-c3cnn(C)c3)s2)cn1C. The lowest BCUT2D eigenvalue weighted by atomic mass is 10.2. The number of aromatic nitrogens is 4. The van der Waals surface area contributed by atoms with Crippen molar-refractivity contribution in [3.05, 3.63) is 41.4 Å². The van der Waals surface area contributed by atoms with Crippen LogP contribution in [0.1, 0.15) is 30.5 Å². The summed E-state index contributed by atoms with van der Waals surface area (Å²) in [5, 5.41) is 4.25. The number of hydrogen-bond acceptors (Lipinski definition) is 5. The van der Waals surface area contributed by atoms with Gasteiger partial charge in [-0.05, 0) is 18.6 Å². The molecule has 3 aromatic rings. The van der Waals surface area contributed by atoms with Crippen molar-refractivity contribution < 1.29 is 8.42 Å². The van der Waals surface area contributed by atoms with Crippen LogP contribution in [-0.2, 0) is 30.5 Å². The Morgan fingerprint density at radius 2 is 2.00 bits per heavy atom. The van der Waals surface area contributed by atoms with E-state index in [9.17, 15) is 8.42 Å². The summed E-state index contributed by atoms with van der Waals surface area (Å²) in [6.45, 7) is 4.31. The molecule has 0 aromatic carbocycles. The minimum Gasteiger partial charge on any atom is -0.336 e. The molecule has 0 atom stereocenters. The van der Waals surface area contributed by atoms with Gasteiger partial charge < -0.3 is 4.57 Å². The van der Waals surface area contributed by atoms with Gasteiger partial charge in [-0.2, -0.15) is 5.10 Å². The van der Waals surface area contributed by atoms with Gasteiger partial charge in [0.2, 0.25) is 0 Å². The Labute approximate surface area is 157 Å². The van der Waals surface area contributed by atoms with Crippen molar-refractivity contribution in [3.63, 3.8) is 0 Å². The lowest BCUT2D eigenvalue weighted by Crippen LogP contribution is -2.26. The highest BCUT2D eigenvalue weighted by Gasteiger charge is 2.20. The molecule has 0 fully saturated rings. The third-order valence-corrected chi connectivity index (χ3v) is 6.52. The number of imidazole rings is 1. The second kappa shape index (κ2) is 7.34. The Kier molecular flexibility index (Phi) is 5.31. The Balaban J connectivity index is 1.62. The van der Waals surface area contributed by atoms with E-state index in [1.54, 1.807) is 26.8 Å². The number of rotatable bonds is 7. The van der Waals surface area contributed by atoms with Gasteiger partial charge in [-0.25, -0.2) is 18.1 Å². The van der Waals surface area contributed by atoms with Gasteiger partial charge in [0.25, 0.3) is 10.0 Å². The normalized spacial score (nSPS) is 12.2. The van der Waals surface area contributed by atoms with Gasteiger partial charge in [-0.3, -0.25) is 4.68 Å². The Hall–Kier alpha value is -1.97. The molecule has 0 radical (unpaired) electrons. The van der Waals surface area contributed by atoms with E-state index in [2.05, 4.69) is 14.8 Å². The lowest BCUT2D eigenvalue weighted by Gasteiger charge is -2.03. The molecule has 7 nitrogen and oxygen atoms in total. The molecule has 3 rings (SSSR count). The molecule has 9 heteroatoms. The zero-order chi connectivity index (χ0) is 18.9. The second-order valence-corrected chi connectivity index (χ2v) is 9.40. The fourth-order valence-corrected chi connectivity index (χ4v) is 4.73. The van der Waals surface area contributed by atoms with Crippen molar-refractivity contribution in [1.29, 1.82) is 0 Å². The van der Waals surface area contributed by atoms with E-state index in [1.807, 2.05) is 52.5 Å². The van der Waals surface area contributed by atoms with E-state index in [1.165, 1.54) is 0 Å². The van der Waals surface area contributed by atoms with Gasteiger partial charge in [-0.15, -0.1) is 11.3 Å².